The summed E-state index contributed by atoms with van der Waals surface area (Å²) in [5.41, 5.74) is 0.135. The van der Waals surface area contributed by atoms with Gasteiger partial charge in [0.15, 0.2) is 0 Å². The molecule has 0 heterocycles. The molecule has 1 aromatic carbocycles. The van der Waals surface area contributed by atoms with E-state index in [0.717, 1.165) is 12.1 Å². The molecule has 1 N–H and O–H groups in total. The molecule has 0 aliphatic carbocycles. The molecule has 0 bridgehead atoms. The minimum atomic E-state index is -1.25. The predicted octanol–water partition coefficient (Wildman–Crippen LogP) is 1.39. The Morgan fingerprint density at radius 1 is 1.46 bits per heavy atom. The molecule has 1 aromatic rings. The molecule has 0 fully saturated rings. The Balaban J connectivity index is 2.85. The Morgan fingerprint density at radius 3 is 2.69 bits per heavy atom. The van der Waals surface area contributed by atoms with Gasteiger partial charge in [-0.1, -0.05) is 6.07 Å². The van der Waals surface area contributed by atoms with Crippen molar-refractivity contribution >= 4 is 0 Å². The first-order valence-electron chi connectivity index (χ1n) is 3.65. The number of hydrogen-bond acceptors (Lipinski definition) is 2. The van der Waals surface area contributed by atoms with Gasteiger partial charge >= 0.3 is 0 Å². The lowest BCUT2D eigenvalue weighted by Gasteiger charge is -2.03. The molecule has 0 aliphatic rings. The second kappa shape index (κ2) is 3.97. The van der Waals surface area contributed by atoms with Crippen molar-refractivity contribution in [3.05, 3.63) is 35.4 Å². The highest BCUT2D eigenvalue weighted by molar-refractivity contribution is 5.20. The number of benzene rings is 1. The van der Waals surface area contributed by atoms with Crippen molar-refractivity contribution in [2.45, 2.75) is 12.5 Å². The topological polar surface area (TPSA) is 44.0 Å². The van der Waals surface area contributed by atoms with Crippen LogP contribution in [0, 0.1) is 23.0 Å². The fourth-order valence-corrected chi connectivity index (χ4v) is 0.941. The minimum absolute atomic E-state index is 0.122. The van der Waals surface area contributed by atoms with Crippen LogP contribution in [0.2, 0.25) is 0 Å². The van der Waals surface area contributed by atoms with Crippen LogP contribution in [0.15, 0.2) is 18.2 Å². The number of nitrogens with zero attached hydrogens (tertiary/aromatic N) is 1. The molecule has 2 nitrogen and oxygen atoms in total. The van der Waals surface area contributed by atoms with Gasteiger partial charge in [-0.2, -0.15) is 5.26 Å². The summed E-state index contributed by atoms with van der Waals surface area (Å²) in [5.74, 6) is -1.41. The third kappa shape index (κ3) is 2.49. The Labute approximate surface area is 74.0 Å². The standard InChI is InChI=1S/C9H7F2NO/c10-7-2-1-6(9(11)4-7)3-8(13)5-12/h1-2,4,8,13H,3H2/t8-/m0/s1. The number of aliphatic hydroxyl groups is 1. The van der Waals surface area contributed by atoms with Gasteiger partial charge in [0.1, 0.15) is 17.7 Å². The first-order valence-corrected chi connectivity index (χ1v) is 3.65. The van der Waals surface area contributed by atoms with Crippen molar-refractivity contribution in [2.24, 2.45) is 0 Å². The second-order valence-electron chi connectivity index (χ2n) is 2.58. The van der Waals surface area contributed by atoms with Crippen molar-refractivity contribution in [3.8, 4) is 6.07 Å². The summed E-state index contributed by atoms with van der Waals surface area (Å²) in [4.78, 5) is 0. The largest absolute Gasteiger partial charge is 0.378 e. The van der Waals surface area contributed by atoms with E-state index >= 15 is 0 Å². The number of halogens is 2. The van der Waals surface area contributed by atoms with E-state index in [1.165, 1.54) is 6.07 Å². The van der Waals surface area contributed by atoms with Crippen molar-refractivity contribution in [1.82, 2.24) is 0 Å². The van der Waals surface area contributed by atoms with Crippen LogP contribution in [0.25, 0.3) is 0 Å². The van der Waals surface area contributed by atoms with Crippen LogP contribution in [0.5, 0.6) is 0 Å². The number of nitriles is 1. The number of rotatable bonds is 2. The third-order valence-corrected chi connectivity index (χ3v) is 1.58. The molecule has 1 atom stereocenters. The zero-order valence-corrected chi connectivity index (χ0v) is 6.67. The highest BCUT2D eigenvalue weighted by atomic mass is 19.1. The molecule has 1 rings (SSSR count). The van der Waals surface area contributed by atoms with E-state index in [1.807, 2.05) is 0 Å². The first kappa shape index (κ1) is 9.62. The maximum atomic E-state index is 12.9. The summed E-state index contributed by atoms with van der Waals surface area (Å²) in [7, 11) is 0. The Bertz CT molecular complexity index is 346. The van der Waals surface area contributed by atoms with Gasteiger partial charge in [-0.3, -0.25) is 0 Å². The maximum absolute atomic E-state index is 12.9. The summed E-state index contributed by atoms with van der Waals surface area (Å²) in [5, 5.41) is 17.1. The quantitative estimate of drug-likeness (QED) is 0.704. The highest BCUT2D eigenvalue weighted by Gasteiger charge is 2.08. The molecule has 0 aliphatic heterocycles. The van der Waals surface area contributed by atoms with Gasteiger partial charge in [0.2, 0.25) is 0 Å². The Hall–Kier alpha value is -1.47. The zero-order valence-electron chi connectivity index (χ0n) is 6.67. The molecule has 0 saturated carbocycles. The van der Waals surface area contributed by atoms with Crippen LogP contribution in [0.1, 0.15) is 5.56 Å². The normalized spacial score (nSPS) is 12.2. The van der Waals surface area contributed by atoms with E-state index in [0.29, 0.717) is 0 Å². The molecular weight excluding hydrogens is 176 g/mol. The summed E-state index contributed by atoms with van der Waals surface area (Å²) in [6.07, 6.45) is -1.37. The number of aliphatic hydroxyl groups excluding tert-OH is 1. The Kier molecular flexibility index (Phi) is 2.93. The molecule has 0 spiro atoms. The predicted molar refractivity (Wildman–Crippen MR) is 41.7 cm³/mol. The monoisotopic (exact) mass is 183 g/mol. The van der Waals surface area contributed by atoms with Crippen molar-refractivity contribution in [2.75, 3.05) is 0 Å². The maximum Gasteiger partial charge on any atom is 0.144 e. The highest BCUT2D eigenvalue weighted by Crippen LogP contribution is 2.11. The van der Waals surface area contributed by atoms with Gasteiger partial charge in [0, 0.05) is 12.5 Å². The average Bonchev–Trinajstić information content (AvgIpc) is 2.09. The van der Waals surface area contributed by atoms with Crippen LogP contribution in [0.3, 0.4) is 0 Å². The lowest BCUT2D eigenvalue weighted by molar-refractivity contribution is 0.229. The van der Waals surface area contributed by atoms with Gasteiger partial charge in [0.05, 0.1) is 6.07 Å². The van der Waals surface area contributed by atoms with Gasteiger partial charge in [-0.05, 0) is 11.6 Å². The van der Waals surface area contributed by atoms with Crippen LogP contribution >= 0.6 is 0 Å². The molecule has 68 valence electrons. The lowest BCUT2D eigenvalue weighted by Crippen LogP contribution is -2.08. The van der Waals surface area contributed by atoms with Crippen molar-refractivity contribution in [1.29, 1.82) is 5.26 Å². The van der Waals surface area contributed by atoms with E-state index in [1.54, 1.807) is 6.07 Å². The van der Waals surface area contributed by atoms with E-state index < -0.39 is 17.7 Å². The van der Waals surface area contributed by atoms with Crippen LogP contribution in [0.4, 0.5) is 8.78 Å². The van der Waals surface area contributed by atoms with Crippen molar-refractivity contribution < 1.29 is 13.9 Å². The van der Waals surface area contributed by atoms with E-state index in [4.69, 9.17) is 10.4 Å². The van der Waals surface area contributed by atoms with Crippen LogP contribution in [-0.2, 0) is 6.42 Å². The second-order valence-corrected chi connectivity index (χ2v) is 2.58. The van der Waals surface area contributed by atoms with Gasteiger partial charge in [0.25, 0.3) is 0 Å². The molecule has 0 unspecified atom stereocenters. The molecule has 0 radical (unpaired) electrons. The van der Waals surface area contributed by atoms with E-state index in [-0.39, 0.29) is 12.0 Å². The Morgan fingerprint density at radius 2 is 2.15 bits per heavy atom. The summed E-state index contributed by atoms with van der Waals surface area (Å²) >= 11 is 0. The molecular formula is C9H7F2NO. The SMILES string of the molecule is N#C[C@@H](O)Cc1ccc(F)cc1F. The molecule has 0 amide bonds. The van der Waals surface area contributed by atoms with Gasteiger partial charge < -0.3 is 5.11 Å². The number of hydrogen-bond donors (Lipinski definition) is 1. The molecule has 13 heavy (non-hydrogen) atoms. The molecule has 0 aromatic heterocycles. The third-order valence-electron chi connectivity index (χ3n) is 1.58. The summed E-state index contributed by atoms with van der Waals surface area (Å²) in [6.45, 7) is 0. The molecule has 0 saturated heterocycles. The lowest BCUT2D eigenvalue weighted by atomic mass is 10.1. The fourth-order valence-electron chi connectivity index (χ4n) is 0.941. The van der Waals surface area contributed by atoms with Gasteiger partial charge in [-0.25, -0.2) is 8.78 Å². The summed E-state index contributed by atoms with van der Waals surface area (Å²) in [6, 6.07) is 4.57. The fraction of sp³-hybridized carbons (Fsp3) is 0.222. The summed E-state index contributed by atoms with van der Waals surface area (Å²) < 4.78 is 25.3. The zero-order chi connectivity index (χ0) is 9.84. The van der Waals surface area contributed by atoms with Crippen molar-refractivity contribution in [3.63, 3.8) is 0 Å². The molecule has 4 heteroatoms. The first-order chi connectivity index (χ1) is 6.13. The van der Waals surface area contributed by atoms with Gasteiger partial charge in [-0.15, -0.1) is 0 Å². The van der Waals surface area contributed by atoms with E-state index in [9.17, 15) is 8.78 Å². The van der Waals surface area contributed by atoms with E-state index in [2.05, 4.69) is 0 Å². The van der Waals surface area contributed by atoms with Crippen LogP contribution < -0.4 is 0 Å². The minimum Gasteiger partial charge on any atom is -0.378 e. The average molecular weight is 183 g/mol. The smallest absolute Gasteiger partial charge is 0.144 e. The van der Waals surface area contributed by atoms with Crippen LogP contribution in [-0.4, -0.2) is 11.2 Å².